The van der Waals surface area contributed by atoms with Crippen LogP contribution in [-0.4, -0.2) is 9.97 Å². The molecule has 1 heterocycles. The normalized spacial score (nSPS) is 10.0. The predicted octanol–water partition coefficient (Wildman–Crippen LogP) is 3.18. The van der Waals surface area contributed by atoms with Crippen LogP contribution >= 0.6 is 11.6 Å². The summed E-state index contributed by atoms with van der Waals surface area (Å²) in [4.78, 5) is 8.33. The van der Waals surface area contributed by atoms with Crippen LogP contribution in [-0.2, 0) is 0 Å². The highest BCUT2D eigenvalue weighted by Gasteiger charge is 1.96. The summed E-state index contributed by atoms with van der Waals surface area (Å²) in [5.74, 6) is 0.734. The van der Waals surface area contributed by atoms with Gasteiger partial charge in [-0.25, -0.2) is 4.98 Å². The Labute approximate surface area is 93.1 Å². The lowest BCUT2D eigenvalue weighted by molar-refractivity contribution is 1.12. The third-order valence-electron chi connectivity index (χ3n) is 1.87. The SMILES string of the molecule is Cc1cncc(Nc2ccc(Cl)cc2)n1. The molecule has 0 aliphatic carbocycles. The molecule has 0 bridgehead atoms. The number of nitrogens with one attached hydrogen (secondary N) is 1. The van der Waals surface area contributed by atoms with Crippen molar-refractivity contribution in [2.45, 2.75) is 6.92 Å². The largest absolute Gasteiger partial charge is 0.339 e. The number of hydrogen-bond acceptors (Lipinski definition) is 3. The lowest BCUT2D eigenvalue weighted by atomic mass is 10.3. The Morgan fingerprint density at radius 2 is 1.87 bits per heavy atom. The van der Waals surface area contributed by atoms with Crippen molar-refractivity contribution >= 4 is 23.1 Å². The number of halogens is 1. The number of anilines is 2. The topological polar surface area (TPSA) is 37.8 Å². The van der Waals surface area contributed by atoms with Gasteiger partial charge in [-0.15, -0.1) is 0 Å². The molecule has 1 aromatic heterocycles. The van der Waals surface area contributed by atoms with Crippen molar-refractivity contribution in [1.29, 1.82) is 0 Å². The Bertz CT molecular complexity index is 454. The summed E-state index contributed by atoms with van der Waals surface area (Å²) < 4.78 is 0. The molecule has 0 aliphatic heterocycles. The second-order valence-corrected chi connectivity index (χ2v) is 3.61. The van der Waals surface area contributed by atoms with Crippen LogP contribution in [0, 0.1) is 6.92 Å². The molecule has 0 radical (unpaired) electrons. The summed E-state index contributed by atoms with van der Waals surface area (Å²) in [5.41, 5.74) is 1.83. The standard InChI is InChI=1S/C11H10ClN3/c1-8-6-13-7-11(14-8)15-10-4-2-9(12)3-5-10/h2-7H,1H3,(H,14,15). The van der Waals surface area contributed by atoms with E-state index in [0.29, 0.717) is 0 Å². The van der Waals surface area contributed by atoms with Crippen molar-refractivity contribution in [3.05, 3.63) is 47.4 Å². The van der Waals surface area contributed by atoms with Gasteiger partial charge >= 0.3 is 0 Å². The van der Waals surface area contributed by atoms with Crippen molar-refractivity contribution in [2.75, 3.05) is 5.32 Å². The molecule has 0 saturated heterocycles. The van der Waals surface area contributed by atoms with E-state index in [9.17, 15) is 0 Å². The summed E-state index contributed by atoms with van der Waals surface area (Å²) in [6.45, 7) is 1.90. The van der Waals surface area contributed by atoms with Crippen LogP contribution in [0.1, 0.15) is 5.69 Å². The molecule has 0 unspecified atom stereocenters. The van der Waals surface area contributed by atoms with Crippen LogP contribution in [0.25, 0.3) is 0 Å². The first-order valence-electron chi connectivity index (χ1n) is 4.55. The molecule has 1 aromatic carbocycles. The molecular weight excluding hydrogens is 210 g/mol. The van der Waals surface area contributed by atoms with E-state index in [1.807, 2.05) is 31.2 Å². The van der Waals surface area contributed by atoms with Gasteiger partial charge in [-0.05, 0) is 31.2 Å². The van der Waals surface area contributed by atoms with E-state index >= 15 is 0 Å². The van der Waals surface area contributed by atoms with Gasteiger partial charge in [-0.2, -0.15) is 0 Å². The monoisotopic (exact) mass is 219 g/mol. The Hall–Kier alpha value is -1.61. The molecule has 0 atom stereocenters. The number of nitrogens with zero attached hydrogens (tertiary/aromatic N) is 2. The molecule has 0 aliphatic rings. The second-order valence-electron chi connectivity index (χ2n) is 3.18. The maximum atomic E-state index is 5.78. The molecule has 15 heavy (non-hydrogen) atoms. The number of benzene rings is 1. The maximum Gasteiger partial charge on any atom is 0.149 e. The van der Waals surface area contributed by atoms with E-state index in [1.54, 1.807) is 12.4 Å². The van der Waals surface area contributed by atoms with Gasteiger partial charge in [0.2, 0.25) is 0 Å². The van der Waals surface area contributed by atoms with E-state index in [1.165, 1.54) is 0 Å². The zero-order valence-electron chi connectivity index (χ0n) is 8.24. The zero-order valence-corrected chi connectivity index (χ0v) is 8.99. The minimum atomic E-state index is 0.718. The van der Waals surface area contributed by atoms with Gasteiger partial charge in [0, 0.05) is 16.9 Å². The van der Waals surface area contributed by atoms with Gasteiger partial charge in [0.25, 0.3) is 0 Å². The summed E-state index contributed by atoms with van der Waals surface area (Å²) in [6.07, 6.45) is 3.40. The molecule has 2 aromatic rings. The van der Waals surface area contributed by atoms with Gasteiger partial charge in [-0.3, -0.25) is 4.98 Å². The average molecular weight is 220 g/mol. The van der Waals surface area contributed by atoms with E-state index < -0.39 is 0 Å². The summed E-state index contributed by atoms with van der Waals surface area (Å²) in [7, 11) is 0. The summed E-state index contributed by atoms with van der Waals surface area (Å²) in [6, 6.07) is 7.44. The van der Waals surface area contributed by atoms with Gasteiger partial charge in [0.05, 0.1) is 11.9 Å². The summed E-state index contributed by atoms with van der Waals surface area (Å²) in [5, 5.41) is 3.86. The van der Waals surface area contributed by atoms with Gasteiger partial charge < -0.3 is 5.32 Å². The molecule has 3 nitrogen and oxygen atoms in total. The van der Waals surface area contributed by atoms with Crippen molar-refractivity contribution in [1.82, 2.24) is 9.97 Å². The molecule has 0 fully saturated rings. The minimum absolute atomic E-state index is 0.718. The fraction of sp³-hybridized carbons (Fsp3) is 0.0909. The smallest absolute Gasteiger partial charge is 0.149 e. The van der Waals surface area contributed by atoms with Gasteiger partial charge in [0.15, 0.2) is 0 Å². The quantitative estimate of drug-likeness (QED) is 0.843. The Kier molecular flexibility index (Phi) is 2.83. The number of hydrogen-bond donors (Lipinski definition) is 1. The fourth-order valence-corrected chi connectivity index (χ4v) is 1.33. The van der Waals surface area contributed by atoms with Crippen molar-refractivity contribution in [3.8, 4) is 0 Å². The number of aromatic nitrogens is 2. The molecule has 76 valence electrons. The van der Waals surface area contributed by atoms with E-state index in [-0.39, 0.29) is 0 Å². The van der Waals surface area contributed by atoms with Crippen LogP contribution in [0.2, 0.25) is 5.02 Å². The predicted molar refractivity (Wildman–Crippen MR) is 61.5 cm³/mol. The highest BCUT2D eigenvalue weighted by atomic mass is 35.5. The first kappa shape index (κ1) is 9.93. The number of aryl methyl sites for hydroxylation is 1. The Morgan fingerprint density at radius 1 is 1.13 bits per heavy atom. The third-order valence-corrected chi connectivity index (χ3v) is 2.12. The van der Waals surface area contributed by atoms with Crippen LogP contribution in [0.3, 0.4) is 0 Å². The molecule has 1 N–H and O–H groups in total. The van der Waals surface area contributed by atoms with Crippen LogP contribution in [0.15, 0.2) is 36.7 Å². The summed E-state index contributed by atoms with van der Waals surface area (Å²) >= 11 is 5.78. The highest BCUT2D eigenvalue weighted by molar-refractivity contribution is 6.30. The highest BCUT2D eigenvalue weighted by Crippen LogP contribution is 2.16. The average Bonchev–Trinajstić information content (AvgIpc) is 2.22. The van der Waals surface area contributed by atoms with Crippen LogP contribution in [0.4, 0.5) is 11.5 Å². The Morgan fingerprint density at radius 3 is 2.53 bits per heavy atom. The molecule has 4 heteroatoms. The van der Waals surface area contributed by atoms with Gasteiger partial charge in [-0.1, -0.05) is 11.6 Å². The molecule has 0 amide bonds. The molecular formula is C11H10ClN3. The van der Waals surface area contributed by atoms with E-state index in [2.05, 4.69) is 15.3 Å². The van der Waals surface area contributed by atoms with Crippen molar-refractivity contribution in [2.24, 2.45) is 0 Å². The molecule has 2 rings (SSSR count). The van der Waals surface area contributed by atoms with Crippen molar-refractivity contribution in [3.63, 3.8) is 0 Å². The first-order valence-corrected chi connectivity index (χ1v) is 4.93. The maximum absolute atomic E-state index is 5.78. The van der Waals surface area contributed by atoms with Crippen LogP contribution < -0.4 is 5.32 Å². The van der Waals surface area contributed by atoms with Gasteiger partial charge in [0.1, 0.15) is 5.82 Å². The van der Waals surface area contributed by atoms with E-state index in [4.69, 9.17) is 11.6 Å². The minimum Gasteiger partial charge on any atom is -0.339 e. The zero-order chi connectivity index (χ0) is 10.7. The third kappa shape index (κ3) is 2.67. The van der Waals surface area contributed by atoms with E-state index in [0.717, 1.165) is 22.2 Å². The lowest BCUT2D eigenvalue weighted by Crippen LogP contribution is -1.95. The second kappa shape index (κ2) is 4.28. The number of rotatable bonds is 2. The first-order chi connectivity index (χ1) is 7.24. The fourth-order valence-electron chi connectivity index (χ4n) is 1.20. The van der Waals surface area contributed by atoms with Crippen molar-refractivity contribution < 1.29 is 0 Å². The Balaban J connectivity index is 2.18. The molecule has 0 spiro atoms. The van der Waals surface area contributed by atoms with Crippen LogP contribution in [0.5, 0.6) is 0 Å². The molecule has 0 saturated carbocycles. The lowest BCUT2D eigenvalue weighted by Gasteiger charge is -2.05.